The summed E-state index contributed by atoms with van der Waals surface area (Å²) in [5.74, 6) is -0.779. The average Bonchev–Trinajstić information content (AvgIpc) is 3.17. The summed E-state index contributed by atoms with van der Waals surface area (Å²) >= 11 is 12.3. The number of aromatic nitrogens is 1. The number of aliphatic hydroxyl groups is 1. The molecule has 0 unspecified atom stereocenters. The van der Waals surface area contributed by atoms with Gasteiger partial charge in [0.2, 0.25) is 0 Å². The third kappa shape index (κ3) is 7.92. The Hall–Kier alpha value is -1.94. The van der Waals surface area contributed by atoms with Crippen LogP contribution in [-0.2, 0) is 16.1 Å². The van der Waals surface area contributed by atoms with E-state index in [2.05, 4.69) is 15.6 Å². The Bertz CT molecular complexity index is 887. The fourth-order valence-electron chi connectivity index (χ4n) is 2.51. The molecule has 31 heavy (non-hydrogen) atoms. The maximum absolute atomic E-state index is 13.3. The van der Waals surface area contributed by atoms with Crippen LogP contribution in [0.3, 0.4) is 0 Å². The van der Waals surface area contributed by atoms with Gasteiger partial charge in [-0.25, -0.2) is 14.2 Å². The van der Waals surface area contributed by atoms with Crippen molar-refractivity contribution in [3.8, 4) is 10.4 Å². The second kappa shape index (κ2) is 11.1. The topological polar surface area (TPSA) is 101 Å². The van der Waals surface area contributed by atoms with E-state index in [1.807, 2.05) is 0 Å². The van der Waals surface area contributed by atoms with Crippen LogP contribution in [0.15, 0.2) is 30.5 Å². The lowest BCUT2D eigenvalue weighted by Crippen LogP contribution is -2.43. The standard InChI is InChI=1S/C20H24Cl2FN3O4S/c1-20(2,3)30-19(29)25-10-15-24-9-14(31-15)11-4-6-12(7-5-11)16(27)13(8-23)26-18(28)17(21)22/h4-7,9,13,16-17,27H,8,10H2,1-3H3,(H,25,29)(H,26,28)/t13-,16-/m1/s1. The number of nitrogens with zero attached hydrogens (tertiary/aromatic N) is 1. The normalized spacial score (nSPS) is 13.5. The predicted molar refractivity (Wildman–Crippen MR) is 119 cm³/mol. The first-order chi connectivity index (χ1) is 14.5. The molecule has 0 bridgehead atoms. The minimum absolute atomic E-state index is 0.233. The Kier molecular flexibility index (Phi) is 9.05. The highest BCUT2D eigenvalue weighted by Crippen LogP contribution is 2.28. The number of carbonyl (C=O) groups excluding carboxylic acids is 2. The van der Waals surface area contributed by atoms with E-state index < -0.39 is 41.3 Å². The quantitative estimate of drug-likeness (QED) is 0.482. The molecule has 3 N–H and O–H groups in total. The second-order valence-electron chi connectivity index (χ2n) is 7.61. The summed E-state index contributed by atoms with van der Waals surface area (Å²) in [6, 6.07) is 5.59. The van der Waals surface area contributed by atoms with Gasteiger partial charge in [0.25, 0.3) is 5.91 Å². The minimum Gasteiger partial charge on any atom is -0.444 e. The SMILES string of the molecule is CC(C)(C)OC(=O)NCc1ncc(-c2ccc([C@@H](O)[C@@H](CF)NC(=O)C(Cl)Cl)cc2)s1. The first-order valence-electron chi connectivity index (χ1n) is 9.34. The van der Waals surface area contributed by atoms with Gasteiger partial charge in [0.05, 0.1) is 17.5 Å². The third-order valence-electron chi connectivity index (χ3n) is 3.95. The molecule has 11 heteroatoms. The molecule has 2 amide bonds. The molecule has 1 heterocycles. The molecular weight excluding hydrogens is 468 g/mol. The fraction of sp³-hybridized carbons (Fsp3) is 0.450. The van der Waals surface area contributed by atoms with Crippen molar-refractivity contribution in [3.63, 3.8) is 0 Å². The number of ether oxygens (including phenoxy) is 1. The third-order valence-corrected chi connectivity index (χ3v) is 5.39. The van der Waals surface area contributed by atoms with E-state index in [1.54, 1.807) is 51.2 Å². The molecule has 2 atom stereocenters. The van der Waals surface area contributed by atoms with Crippen LogP contribution in [0.5, 0.6) is 0 Å². The van der Waals surface area contributed by atoms with Crippen molar-refractivity contribution in [2.45, 2.75) is 49.9 Å². The van der Waals surface area contributed by atoms with Crippen molar-refractivity contribution >= 4 is 46.5 Å². The van der Waals surface area contributed by atoms with Crippen LogP contribution in [0, 0.1) is 0 Å². The van der Waals surface area contributed by atoms with Crippen molar-refractivity contribution in [3.05, 3.63) is 41.0 Å². The molecule has 170 valence electrons. The lowest BCUT2D eigenvalue weighted by molar-refractivity contribution is -0.121. The lowest BCUT2D eigenvalue weighted by Gasteiger charge is -2.22. The molecular formula is C20H24Cl2FN3O4S. The molecule has 0 fully saturated rings. The van der Waals surface area contributed by atoms with E-state index in [9.17, 15) is 19.1 Å². The molecule has 1 aromatic carbocycles. The second-order valence-corrected chi connectivity index (χ2v) is 9.82. The summed E-state index contributed by atoms with van der Waals surface area (Å²) in [6.45, 7) is 4.59. The van der Waals surface area contributed by atoms with Gasteiger partial charge in [0.15, 0.2) is 4.84 Å². The fourth-order valence-corrected chi connectivity index (χ4v) is 3.50. The number of nitrogens with one attached hydrogen (secondary N) is 2. The van der Waals surface area contributed by atoms with Gasteiger partial charge >= 0.3 is 6.09 Å². The summed E-state index contributed by atoms with van der Waals surface area (Å²) in [7, 11) is 0. The lowest BCUT2D eigenvalue weighted by atomic mass is 10.0. The summed E-state index contributed by atoms with van der Waals surface area (Å²) in [6.07, 6.45) is -0.120. The Balaban J connectivity index is 2.00. The molecule has 0 saturated carbocycles. The van der Waals surface area contributed by atoms with Crippen LogP contribution in [-0.4, -0.2) is 45.2 Å². The summed E-state index contributed by atoms with van der Waals surface area (Å²) in [4.78, 5) is 27.1. The number of alkyl halides is 3. The number of thiazole rings is 1. The van der Waals surface area contributed by atoms with Gasteiger partial charge in [-0.05, 0) is 31.9 Å². The number of rotatable bonds is 8. The largest absolute Gasteiger partial charge is 0.444 e. The summed E-state index contributed by atoms with van der Waals surface area (Å²) in [5.41, 5.74) is 0.674. The minimum atomic E-state index is -1.35. The van der Waals surface area contributed by atoms with Gasteiger partial charge in [0.1, 0.15) is 23.4 Å². The van der Waals surface area contributed by atoms with Crippen molar-refractivity contribution in [1.82, 2.24) is 15.6 Å². The van der Waals surface area contributed by atoms with Gasteiger partial charge in [-0.15, -0.1) is 11.3 Å². The van der Waals surface area contributed by atoms with Crippen LogP contribution >= 0.6 is 34.5 Å². The number of carbonyl (C=O) groups is 2. The predicted octanol–water partition coefficient (Wildman–Crippen LogP) is 4.13. The molecule has 2 aromatic rings. The smallest absolute Gasteiger partial charge is 0.408 e. The first-order valence-corrected chi connectivity index (χ1v) is 11.0. The summed E-state index contributed by atoms with van der Waals surface area (Å²) < 4.78 is 18.5. The first kappa shape index (κ1) is 25.3. The molecule has 0 aliphatic carbocycles. The van der Waals surface area contributed by atoms with E-state index in [0.717, 1.165) is 10.4 Å². The van der Waals surface area contributed by atoms with Crippen molar-refractivity contribution < 1.29 is 23.8 Å². The van der Waals surface area contributed by atoms with Crippen LogP contribution < -0.4 is 10.6 Å². The zero-order valence-electron chi connectivity index (χ0n) is 17.2. The number of benzene rings is 1. The molecule has 0 saturated heterocycles. The maximum Gasteiger partial charge on any atom is 0.408 e. The van der Waals surface area contributed by atoms with E-state index in [-0.39, 0.29) is 6.54 Å². The van der Waals surface area contributed by atoms with Gasteiger partial charge in [-0.2, -0.15) is 0 Å². The Labute approximate surface area is 193 Å². The number of aliphatic hydroxyl groups excluding tert-OH is 1. The Morgan fingerprint density at radius 1 is 1.26 bits per heavy atom. The molecule has 0 spiro atoms. The van der Waals surface area contributed by atoms with E-state index in [0.29, 0.717) is 10.6 Å². The van der Waals surface area contributed by atoms with E-state index in [1.165, 1.54) is 11.3 Å². The number of alkyl carbamates (subject to hydrolysis) is 1. The molecule has 0 aliphatic rings. The van der Waals surface area contributed by atoms with Crippen molar-refractivity contribution in [1.29, 1.82) is 0 Å². The zero-order chi connectivity index (χ0) is 23.2. The highest BCUT2D eigenvalue weighted by atomic mass is 35.5. The van der Waals surface area contributed by atoms with Crippen molar-refractivity contribution in [2.75, 3.05) is 6.67 Å². The van der Waals surface area contributed by atoms with Gasteiger partial charge < -0.3 is 20.5 Å². The molecule has 0 radical (unpaired) electrons. The number of amides is 2. The van der Waals surface area contributed by atoms with Gasteiger partial charge in [-0.1, -0.05) is 47.5 Å². The van der Waals surface area contributed by atoms with Crippen molar-refractivity contribution in [2.24, 2.45) is 0 Å². The van der Waals surface area contributed by atoms with Crippen LogP contribution in [0.25, 0.3) is 10.4 Å². The molecule has 0 aliphatic heterocycles. The average molecular weight is 492 g/mol. The molecule has 1 aromatic heterocycles. The highest BCUT2D eigenvalue weighted by molar-refractivity contribution is 7.15. The van der Waals surface area contributed by atoms with Gasteiger partial charge in [-0.3, -0.25) is 4.79 Å². The Morgan fingerprint density at radius 3 is 2.45 bits per heavy atom. The molecule has 7 nitrogen and oxygen atoms in total. The van der Waals surface area contributed by atoms with E-state index >= 15 is 0 Å². The highest BCUT2D eigenvalue weighted by Gasteiger charge is 2.25. The number of hydrogen-bond donors (Lipinski definition) is 3. The maximum atomic E-state index is 13.3. The van der Waals surface area contributed by atoms with E-state index in [4.69, 9.17) is 27.9 Å². The Morgan fingerprint density at radius 2 is 1.90 bits per heavy atom. The van der Waals surface area contributed by atoms with Gasteiger partial charge in [0, 0.05) is 6.20 Å². The van der Waals surface area contributed by atoms with Crippen LogP contribution in [0.4, 0.5) is 9.18 Å². The number of hydrogen-bond acceptors (Lipinski definition) is 6. The van der Waals surface area contributed by atoms with Crippen LogP contribution in [0.2, 0.25) is 0 Å². The zero-order valence-corrected chi connectivity index (χ0v) is 19.5. The molecule has 2 rings (SSSR count). The number of halogens is 3. The summed E-state index contributed by atoms with van der Waals surface area (Å²) in [5, 5.41) is 16.0. The van der Waals surface area contributed by atoms with Crippen LogP contribution in [0.1, 0.15) is 37.4 Å². The monoisotopic (exact) mass is 491 g/mol.